The minimum absolute atomic E-state index is 0.0259. The molecule has 0 saturated heterocycles. The largest absolute Gasteiger partial charge is 0.416 e. The average Bonchev–Trinajstić information content (AvgIpc) is 3.24. The van der Waals surface area contributed by atoms with E-state index in [0.29, 0.717) is 0 Å². The number of nitrogens with one attached hydrogen (secondary N) is 1. The molecular formula is C17H13Cl2F3N4O. The van der Waals surface area contributed by atoms with E-state index in [4.69, 9.17) is 23.2 Å². The van der Waals surface area contributed by atoms with E-state index in [9.17, 15) is 23.2 Å². The van der Waals surface area contributed by atoms with Gasteiger partial charge < -0.3 is 5.32 Å². The zero-order valence-electron chi connectivity index (χ0n) is 13.8. The fraction of sp³-hybridized carbons (Fsp3) is 0.353. The Labute approximate surface area is 162 Å². The van der Waals surface area contributed by atoms with Gasteiger partial charge in [0.25, 0.3) is 0 Å². The Kier molecular flexibility index (Phi) is 5.36. The van der Waals surface area contributed by atoms with Gasteiger partial charge in [0, 0.05) is 5.92 Å². The highest BCUT2D eigenvalue weighted by atomic mass is 35.5. The highest BCUT2D eigenvalue weighted by Crippen LogP contribution is 2.38. The minimum atomic E-state index is -4.62. The number of amides is 1. The maximum absolute atomic E-state index is 12.9. The first kappa shape index (κ1) is 19.5. The summed E-state index contributed by atoms with van der Waals surface area (Å²) >= 11 is 12.0. The van der Waals surface area contributed by atoms with Gasteiger partial charge in [0.15, 0.2) is 5.82 Å². The lowest BCUT2D eigenvalue weighted by atomic mass is 10.1. The molecule has 0 radical (unpaired) electrons. The first-order valence-electron chi connectivity index (χ1n) is 8.08. The lowest BCUT2D eigenvalue weighted by molar-refractivity contribution is -0.137. The molecule has 2 aromatic rings. The van der Waals surface area contributed by atoms with E-state index in [1.54, 1.807) is 0 Å². The maximum Gasteiger partial charge on any atom is 0.416 e. The Hall–Kier alpha value is -2.24. The second kappa shape index (κ2) is 7.41. The van der Waals surface area contributed by atoms with E-state index in [1.165, 1.54) is 6.20 Å². The van der Waals surface area contributed by atoms with Crippen molar-refractivity contribution >= 4 is 34.9 Å². The van der Waals surface area contributed by atoms with Crippen LogP contribution >= 0.6 is 23.2 Å². The van der Waals surface area contributed by atoms with Crippen LogP contribution in [-0.2, 0) is 11.0 Å². The Bertz CT molecular complexity index is 904. The van der Waals surface area contributed by atoms with Crippen molar-refractivity contribution < 1.29 is 18.0 Å². The fourth-order valence-electron chi connectivity index (χ4n) is 3.06. The van der Waals surface area contributed by atoms with E-state index in [-0.39, 0.29) is 38.9 Å². The van der Waals surface area contributed by atoms with Crippen LogP contribution < -0.4 is 5.32 Å². The van der Waals surface area contributed by atoms with E-state index in [2.05, 4.69) is 10.4 Å². The predicted octanol–water partition coefficient (Wildman–Crippen LogP) is 5.20. The van der Waals surface area contributed by atoms with Crippen molar-refractivity contribution in [2.75, 3.05) is 5.32 Å². The summed E-state index contributed by atoms with van der Waals surface area (Å²) in [5, 5.41) is 15.3. The number of nitrogens with zero attached hydrogens (tertiary/aromatic N) is 3. The molecule has 0 spiro atoms. The summed E-state index contributed by atoms with van der Waals surface area (Å²) in [5.41, 5.74) is -1.01. The smallest absolute Gasteiger partial charge is 0.309 e. The van der Waals surface area contributed by atoms with Crippen LogP contribution in [0.25, 0.3) is 5.69 Å². The van der Waals surface area contributed by atoms with Gasteiger partial charge in [0.1, 0.15) is 17.3 Å². The lowest BCUT2D eigenvalue weighted by Gasteiger charge is -2.16. The molecule has 27 heavy (non-hydrogen) atoms. The standard InChI is InChI=1S/C17H13Cl2F3N4O/c18-12-5-11(17(20,21)22)6-13(19)14(12)26-15(10(7-23)8-24-26)25-16(27)9-3-1-2-4-9/h5-6,8-9H,1-4H2,(H,25,27). The Balaban J connectivity index is 2.04. The van der Waals surface area contributed by atoms with Gasteiger partial charge in [-0.1, -0.05) is 36.0 Å². The molecule has 3 rings (SSSR count). The van der Waals surface area contributed by atoms with Crippen molar-refractivity contribution in [1.29, 1.82) is 5.26 Å². The third kappa shape index (κ3) is 3.89. The third-order valence-electron chi connectivity index (χ3n) is 4.41. The zero-order chi connectivity index (χ0) is 19.8. The highest BCUT2D eigenvalue weighted by Gasteiger charge is 2.33. The second-order valence-electron chi connectivity index (χ2n) is 6.19. The fourth-order valence-corrected chi connectivity index (χ4v) is 3.71. The Morgan fingerprint density at radius 1 is 1.26 bits per heavy atom. The molecule has 1 aliphatic rings. The monoisotopic (exact) mass is 416 g/mol. The second-order valence-corrected chi connectivity index (χ2v) is 7.00. The Morgan fingerprint density at radius 3 is 2.37 bits per heavy atom. The van der Waals surface area contributed by atoms with Crippen LogP contribution in [0.4, 0.5) is 19.0 Å². The number of nitriles is 1. The predicted molar refractivity (Wildman–Crippen MR) is 93.9 cm³/mol. The molecule has 1 saturated carbocycles. The molecule has 0 aliphatic heterocycles. The van der Waals surface area contributed by atoms with Crippen molar-refractivity contribution in [3.8, 4) is 11.8 Å². The molecule has 1 aromatic carbocycles. The molecule has 1 fully saturated rings. The van der Waals surface area contributed by atoms with E-state index in [0.717, 1.165) is 42.5 Å². The summed E-state index contributed by atoms with van der Waals surface area (Å²) in [6.07, 6.45) is -0.0623. The van der Waals surface area contributed by atoms with Gasteiger partial charge in [0.05, 0.1) is 21.8 Å². The number of alkyl halides is 3. The molecule has 1 N–H and O–H groups in total. The van der Waals surface area contributed by atoms with Crippen LogP contribution in [-0.4, -0.2) is 15.7 Å². The number of carbonyl (C=O) groups is 1. The molecule has 0 atom stereocenters. The summed E-state index contributed by atoms with van der Waals surface area (Å²) in [6, 6.07) is 3.33. The van der Waals surface area contributed by atoms with Gasteiger partial charge >= 0.3 is 6.18 Å². The maximum atomic E-state index is 12.9. The number of halogens is 5. The van der Waals surface area contributed by atoms with Crippen molar-refractivity contribution in [3.63, 3.8) is 0 Å². The van der Waals surface area contributed by atoms with Crippen LogP contribution in [0.1, 0.15) is 36.8 Å². The van der Waals surface area contributed by atoms with Crippen LogP contribution in [0.2, 0.25) is 10.0 Å². The molecule has 1 aliphatic carbocycles. The van der Waals surface area contributed by atoms with Gasteiger partial charge in [0.2, 0.25) is 5.91 Å². The summed E-state index contributed by atoms with van der Waals surface area (Å²) in [5.74, 6) is -0.429. The van der Waals surface area contributed by atoms with E-state index < -0.39 is 11.7 Å². The van der Waals surface area contributed by atoms with Crippen molar-refractivity contribution in [3.05, 3.63) is 39.5 Å². The number of carbonyl (C=O) groups excluding carboxylic acids is 1. The zero-order valence-corrected chi connectivity index (χ0v) is 15.3. The van der Waals surface area contributed by atoms with Crippen molar-refractivity contribution in [2.24, 2.45) is 5.92 Å². The number of hydrogen-bond acceptors (Lipinski definition) is 3. The quantitative estimate of drug-likeness (QED) is 0.747. The lowest BCUT2D eigenvalue weighted by Crippen LogP contribution is -2.22. The van der Waals surface area contributed by atoms with Crippen LogP contribution in [0.15, 0.2) is 18.3 Å². The van der Waals surface area contributed by atoms with Crippen LogP contribution in [0.3, 0.4) is 0 Å². The summed E-state index contributed by atoms with van der Waals surface area (Å²) in [7, 11) is 0. The Morgan fingerprint density at radius 2 is 1.85 bits per heavy atom. The van der Waals surface area contributed by atoms with Crippen molar-refractivity contribution in [1.82, 2.24) is 9.78 Å². The van der Waals surface area contributed by atoms with Gasteiger partial charge in [-0.25, -0.2) is 4.68 Å². The van der Waals surface area contributed by atoms with E-state index >= 15 is 0 Å². The van der Waals surface area contributed by atoms with Gasteiger partial charge in [-0.3, -0.25) is 4.79 Å². The number of aromatic nitrogens is 2. The summed E-state index contributed by atoms with van der Waals surface area (Å²) < 4.78 is 39.9. The molecule has 0 bridgehead atoms. The van der Waals surface area contributed by atoms with Gasteiger partial charge in [-0.05, 0) is 25.0 Å². The SMILES string of the molecule is N#Cc1cnn(-c2c(Cl)cc(C(F)(F)F)cc2Cl)c1NC(=O)C1CCCC1. The summed E-state index contributed by atoms with van der Waals surface area (Å²) in [6.45, 7) is 0. The third-order valence-corrected chi connectivity index (χ3v) is 4.99. The number of hydrogen-bond donors (Lipinski definition) is 1. The molecule has 1 heterocycles. The molecule has 0 unspecified atom stereocenters. The van der Waals surface area contributed by atoms with E-state index in [1.807, 2.05) is 6.07 Å². The summed E-state index contributed by atoms with van der Waals surface area (Å²) in [4.78, 5) is 12.4. The molecule has 142 valence electrons. The average molecular weight is 417 g/mol. The number of benzene rings is 1. The molecule has 1 amide bonds. The molecule has 1 aromatic heterocycles. The van der Waals surface area contributed by atoms with Crippen LogP contribution in [0, 0.1) is 17.2 Å². The normalized spacial score (nSPS) is 15.0. The first-order valence-corrected chi connectivity index (χ1v) is 8.83. The first-order chi connectivity index (χ1) is 12.7. The van der Waals surface area contributed by atoms with Crippen LogP contribution in [0.5, 0.6) is 0 Å². The van der Waals surface area contributed by atoms with Gasteiger partial charge in [-0.2, -0.15) is 23.5 Å². The number of rotatable bonds is 3. The van der Waals surface area contributed by atoms with Gasteiger partial charge in [-0.15, -0.1) is 0 Å². The molecule has 10 heteroatoms. The highest BCUT2D eigenvalue weighted by molar-refractivity contribution is 6.38. The molecule has 5 nitrogen and oxygen atoms in total. The molecular weight excluding hydrogens is 404 g/mol. The van der Waals surface area contributed by atoms with Crippen molar-refractivity contribution in [2.45, 2.75) is 31.9 Å². The topological polar surface area (TPSA) is 70.7 Å². The minimum Gasteiger partial charge on any atom is -0.309 e. The number of anilines is 1.